The van der Waals surface area contributed by atoms with Gasteiger partial charge in [0, 0.05) is 19.3 Å². The molecule has 33 heavy (non-hydrogen) atoms. The molecule has 4 nitrogen and oxygen atoms in total. The van der Waals surface area contributed by atoms with Crippen LogP contribution >= 0.6 is 0 Å². The number of hydrogen-bond acceptors (Lipinski definition) is 4. The molecule has 186 valence electrons. The second-order valence-corrected chi connectivity index (χ2v) is 13.7. The summed E-state index contributed by atoms with van der Waals surface area (Å²) in [5.74, 6) is 4.63. The van der Waals surface area contributed by atoms with E-state index in [0.29, 0.717) is 34.7 Å². The zero-order valence-electron chi connectivity index (χ0n) is 21.6. The molecule has 6 rings (SSSR count). The molecule has 0 amide bonds. The molecular formula is C29H46O4. The van der Waals surface area contributed by atoms with Crippen molar-refractivity contribution in [1.82, 2.24) is 0 Å². The number of ether oxygens (including phenoxy) is 3. The zero-order chi connectivity index (χ0) is 23.2. The lowest BCUT2D eigenvalue weighted by molar-refractivity contribution is -0.273. The number of hydrogen-bond donors (Lipinski definition) is 0. The van der Waals surface area contributed by atoms with Crippen molar-refractivity contribution in [3.63, 3.8) is 0 Å². The number of carbonyl (C=O) groups is 1. The highest BCUT2D eigenvalue weighted by Gasteiger charge is 2.69. The van der Waals surface area contributed by atoms with Crippen LogP contribution in [0.1, 0.15) is 98.8 Å². The van der Waals surface area contributed by atoms with Crippen LogP contribution in [0.15, 0.2) is 0 Å². The maximum atomic E-state index is 11.5. The lowest BCUT2D eigenvalue weighted by Crippen LogP contribution is -2.55. The second-order valence-electron chi connectivity index (χ2n) is 13.7. The molecular weight excluding hydrogens is 412 g/mol. The van der Waals surface area contributed by atoms with Gasteiger partial charge >= 0.3 is 5.97 Å². The third-order valence-corrected chi connectivity index (χ3v) is 12.2. The fourth-order valence-electron chi connectivity index (χ4n) is 10.6. The van der Waals surface area contributed by atoms with Crippen molar-refractivity contribution in [2.24, 2.45) is 52.3 Å². The topological polar surface area (TPSA) is 44.8 Å². The molecule has 1 spiro atoms. The molecule has 4 aliphatic carbocycles. The van der Waals surface area contributed by atoms with Crippen LogP contribution in [-0.4, -0.2) is 30.6 Å². The van der Waals surface area contributed by atoms with Crippen LogP contribution in [0.25, 0.3) is 0 Å². The van der Waals surface area contributed by atoms with E-state index in [9.17, 15) is 4.79 Å². The fraction of sp³-hybridized carbons (Fsp3) is 0.966. The first-order valence-electron chi connectivity index (χ1n) is 14.2. The van der Waals surface area contributed by atoms with Crippen molar-refractivity contribution in [3.05, 3.63) is 0 Å². The number of fused-ring (bicyclic) bond motifs is 7. The highest BCUT2D eigenvalue weighted by atomic mass is 16.7. The lowest BCUT2D eigenvalue weighted by atomic mass is 9.44. The van der Waals surface area contributed by atoms with Gasteiger partial charge in [0.1, 0.15) is 6.10 Å². The predicted octanol–water partition coefficient (Wildman–Crippen LogP) is 6.36. The van der Waals surface area contributed by atoms with E-state index in [4.69, 9.17) is 14.2 Å². The van der Waals surface area contributed by atoms with Crippen LogP contribution in [0.2, 0.25) is 0 Å². The smallest absolute Gasteiger partial charge is 0.302 e. The summed E-state index contributed by atoms with van der Waals surface area (Å²) in [5, 5.41) is 0. The Labute approximate surface area is 200 Å². The standard InChI is InChI=1S/C29H46O4/c1-17-8-13-29(31-16-17)18(2)26-25(33-29)15-24-22-7-6-20-14-21(32-19(3)30)9-11-27(20,4)23(22)10-12-28(24,26)5/h17-18,20-26H,6-16H2,1-5H3/t17-,18+,20+,21?,22?,23?,24?,25+,26+,27+,28+,29-/m1/s1. The van der Waals surface area contributed by atoms with Gasteiger partial charge in [-0.15, -0.1) is 0 Å². The highest BCUT2D eigenvalue weighted by molar-refractivity contribution is 5.66. The van der Waals surface area contributed by atoms with Crippen LogP contribution in [0, 0.1) is 52.3 Å². The summed E-state index contributed by atoms with van der Waals surface area (Å²) in [6, 6.07) is 0. The van der Waals surface area contributed by atoms with E-state index in [1.165, 1.54) is 44.9 Å². The summed E-state index contributed by atoms with van der Waals surface area (Å²) >= 11 is 0. The van der Waals surface area contributed by atoms with Gasteiger partial charge in [-0.3, -0.25) is 4.79 Å². The average molecular weight is 459 g/mol. The minimum absolute atomic E-state index is 0.105. The Kier molecular flexibility index (Phi) is 5.32. The predicted molar refractivity (Wildman–Crippen MR) is 127 cm³/mol. The van der Waals surface area contributed by atoms with Gasteiger partial charge in [0.05, 0.1) is 12.7 Å². The molecule has 4 heteroatoms. The lowest BCUT2D eigenvalue weighted by Gasteiger charge is -2.61. The average Bonchev–Trinajstić information content (AvgIpc) is 3.21. The molecule has 6 aliphatic rings. The van der Waals surface area contributed by atoms with E-state index in [2.05, 4.69) is 27.7 Å². The van der Waals surface area contributed by atoms with Crippen molar-refractivity contribution < 1.29 is 19.0 Å². The van der Waals surface area contributed by atoms with Crippen molar-refractivity contribution >= 4 is 5.97 Å². The van der Waals surface area contributed by atoms with E-state index in [-0.39, 0.29) is 17.9 Å². The summed E-state index contributed by atoms with van der Waals surface area (Å²) in [6.45, 7) is 12.4. The van der Waals surface area contributed by atoms with E-state index in [0.717, 1.165) is 49.5 Å². The van der Waals surface area contributed by atoms with Crippen LogP contribution < -0.4 is 0 Å². The number of carbonyl (C=O) groups excluding carboxylic acids is 1. The van der Waals surface area contributed by atoms with Gasteiger partial charge in [0.2, 0.25) is 0 Å². The number of rotatable bonds is 1. The molecule has 0 aromatic rings. The van der Waals surface area contributed by atoms with Gasteiger partial charge in [0.15, 0.2) is 5.79 Å². The molecule has 0 bridgehead atoms. The van der Waals surface area contributed by atoms with Gasteiger partial charge in [-0.25, -0.2) is 0 Å². The minimum atomic E-state index is -0.300. The second kappa shape index (κ2) is 7.69. The van der Waals surface area contributed by atoms with Crippen molar-refractivity contribution in [3.8, 4) is 0 Å². The third-order valence-electron chi connectivity index (χ3n) is 12.2. The summed E-state index contributed by atoms with van der Waals surface area (Å²) in [4.78, 5) is 11.5. The maximum absolute atomic E-state index is 11.5. The molecule has 0 radical (unpaired) electrons. The Hall–Kier alpha value is -0.610. The molecule has 6 fully saturated rings. The largest absolute Gasteiger partial charge is 0.463 e. The van der Waals surface area contributed by atoms with Crippen molar-refractivity contribution in [1.29, 1.82) is 0 Å². The van der Waals surface area contributed by atoms with Gasteiger partial charge in [-0.05, 0) is 104 Å². The highest BCUT2D eigenvalue weighted by Crippen LogP contribution is 2.71. The Balaban J connectivity index is 1.21. The third kappa shape index (κ3) is 3.25. The molecule has 4 saturated carbocycles. The Morgan fingerprint density at radius 1 is 0.909 bits per heavy atom. The van der Waals surface area contributed by atoms with E-state index in [1.807, 2.05) is 0 Å². The summed E-state index contributed by atoms with van der Waals surface area (Å²) in [7, 11) is 0. The van der Waals surface area contributed by atoms with Crippen LogP contribution in [0.4, 0.5) is 0 Å². The molecule has 0 aromatic heterocycles. The fourth-order valence-corrected chi connectivity index (χ4v) is 10.6. The Bertz CT molecular complexity index is 786. The van der Waals surface area contributed by atoms with E-state index >= 15 is 0 Å². The molecule has 2 aliphatic heterocycles. The zero-order valence-corrected chi connectivity index (χ0v) is 21.6. The van der Waals surface area contributed by atoms with Crippen LogP contribution in [0.5, 0.6) is 0 Å². The number of esters is 1. The molecule has 0 N–H and O–H groups in total. The Morgan fingerprint density at radius 3 is 2.42 bits per heavy atom. The first-order chi connectivity index (χ1) is 15.7. The Morgan fingerprint density at radius 2 is 1.70 bits per heavy atom. The first-order valence-corrected chi connectivity index (χ1v) is 14.2. The summed E-state index contributed by atoms with van der Waals surface area (Å²) in [5.41, 5.74) is 0.828. The minimum Gasteiger partial charge on any atom is -0.463 e. The first kappa shape index (κ1) is 22.8. The summed E-state index contributed by atoms with van der Waals surface area (Å²) < 4.78 is 19.1. The normalized spacial score (nSPS) is 57.7. The van der Waals surface area contributed by atoms with Crippen molar-refractivity contribution in [2.45, 2.75) is 117 Å². The van der Waals surface area contributed by atoms with Crippen LogP contribution in [-0.2, 0) is 19.0 Å². The molecule has 12 atom stereocenters. The van der Waals surface area contributed by atoms with Gasteiger partial charge in [0.25, 0.3) is 0 Å². The quantitative estimate of drug-likeness (QED) is 0.429. The van der Waals surface area contributed by atoms with Gasteiger partial charge in [-0.2, -0.15) is 0 Å². The molecule has 2 heterocycles. The van der Waals surface area contributed by atoms with E-state index < -0.39 is 0 Å². The van der Waals surface area contributed by atoms with E-state index in [1.54, 1.807) is 6.92 Å². The van der Waals surface area contributed by atoms with Gasteiger partial charge < -0.3 is 14.2 Å². The maximum Gasteiger partial charge on any atom is 0.302 e. The van der Waals surface area contributed by atoms with Crippen LogP contribution in [0.3, 0.4) is 0 Å². The summed E-state index contributed by atoms with van der Waals surface area (Å²) in [6.07, 6.45) is 12.9. The monoisotopic (exact) mass is 458 g/mol. The molecule has 4 unspecified atom stereocenters. The van der Waals surface area contributed by atoms with Crippen molar-refractivity contribution in [2.75, 3.05) is 6.61 Å². The SMILES string of the molecule is CC(=O)OC1CC[C@]2(C)C3CC[C@@]4(C)C(C[C@@H]5O[C@]6(CC[C@@H](C)CO6)[C@@H](C)[C@@H]54)C3CC[C@H]2C1. The molecule has 0 aromatic carbocycles. The molecule has 2 saturated heterocycles. The van der Waals surface area contributed by atoms with Gasteiger partial charge in [-0.1, -0.05) is 27.7 Å².